The number of nitrogens with one attached hydrogen (secondary N) is 1. The van der Waals surface area contributed by atoms with Gasteiger partial charge < -0.3 is 10.1 Å². The van der Waals surface area contributed by atoms with Crippen LogP contribution in [0, 0.1) is 11.6 Å². The quantitative estimate of drug-likeness (QED) is 0.890. The molecule has 0 amide bonds. The van der Waals surface area contributed by atoms with Gasteiger partial charge in [0, 0.05) is 12.6 Å². The molecule has 1 heterocycles. The van der Waals surface area contributed by atoms with Gasteiger partial charge in [0.25, 0.3) is 0 Å². The highest BCUT2D eigenvalue weighted by Crippen LogP contribution is 2.30. The number of nitrogens with zero attached hydrogens (tertiary/aromatic N) is 2. The van der Waals surface area contributed by atoms with E-state index in [1.54, 1.807) is 18.0 Å². The first-order valence-electron chi connectivity index (χ1n) is 6.89. The minimum absolute atomic E-state index is 0.391. The molecule has 21 heavy (non-hydrogen) atoms. The Morgan fingerprint density at radius 3 is 2.43 bits per heavy atom. The molecule has 0 saturated carbocycles. The Morgan fingerprint density at radius 1 is 1.24 bits per heavy atom. The van der Waals surface area contributed by atoms with E-state index in [9.17, 15) is 8.78 Å². The van der Waals surface area contributed by atoms with Gasteiger partial charge >= 0.3 is 0 Å². The van der Waals surface area contributed by atoms with E-state index >= 15 is 0 Å². The number of hydrogen-bond donors (Lipinski definition) is 1. The molecule has 1 atom stereocenters. The number of aryl methyl sites for hydroxylation is 1. The lowest BCUT2D eigenvalue weighted by Gasteiger charge is -2.21. The lowest BCUT2D eigenvalue weighted by atomic mass is 10.0. The molecule has 0 aliphatic carbocycles. The third-order valence-corrected chi connectivity index (χ3v) is 3.26. The second-order valence-electron chi connectivity index (χ2n) is 4.61. The zero-order valence-corrected chi connectivity index (χ0v) is 12.4. The van der Waals surface area contributed by atoms with Gasteiger partial charge in [-0.25, -0.2) is 8.78 Å². The van der Waals surface area contributed by atoms with E-state index in [-0.39, 0.29) is 0 Å². The summed E-state index contributed by atoms with van der Waals surface area (Å²) in [5.41, 5.74) is 1.26. The zero-order chi connectivity index (χ0) is 15.4. The fourth-order valence-electron chi connectivity index (χ4n) is 2.40. The summed E-state index contributed by atoms with van der Waals surface area (Å²) >= 11 is 0. The lowest BCUT2D eigenvalue weighted by Crippen LogP contribution is -2.25. The minimum Gasteiger partial charge on any atom is -0.493 e. The predicted octanol–water partition coefficient (Wildman–Crippen LogP) is 2.89. The van der Waals surface area contributed by atoms with Crippen LogP contribution in [0.2, 0.25) is 0 Å². The summed E-state index contributed by atoms with van der Waals surface area (Å²) in [5, 5.41) is 7.47. The molecule has 0 spiro atoms. The van der Waals surface area contributed by atoms with Crippen molar-refractivity contribution < 1.29 is 13.5 Å². The monoisotopic (exact) mass is 295 g/mol. The molecular formula is C15H19F2N3O. The van der Waals surface area contributed by atoms with Crippen LogP contribution in [0.15, 0.2) is 24.4 Å². The molecule has 0 saturated heterocycles. The van der Waals surface area contributed by atoms with Gasteiger partial charge in [-0.1, -0.05) is 6.92 Å². The molecule has 6 heteroatoms. The molecule has 4 nitrogen and oxygen atoms in total. The molecule has 1 unspecified atom stereocenters. The maximum absolute atomic E-state index is 13.5. The van der Waals surface area contributed by atoms with Crippen LogP contribution in [0.1, 0.15) is 31.1 Å². The summed E-state index contributed by atoms with van der Waals surface area (Å²) in [4.78, 5) is 0. The smallest absolute Gasteiger partial charge is 0.161 e. The van der Waals surface area contributed by atoms with Crippen LogP contribution in [0.25, 0.3) is 0 Å². The maximum Gasteiger partial charge on any atom is 0.161 e. The van der Waals surface area contributed by atoms with Crippen molar-refractivity contribution in [1.82, 2.24) is 15.1 Å². The molecule has 1 aromatic heterocycles. The topological polar surface area (TPSA) is 39.1 Å². The number of halogens is 2. The van der Waals surface area contributed by atoms with Crippen LogP contribution in [0.4, 0.5) is 8.78 Å². The Morgan fingerprint density at radius 2 is 1.90 bits per heavy atom. The Balaban J connectivity index is 2.55. The van der Waals surface area contributed by atoms with E-state index in [0.29, 0.717) is 24.4 Å². The average molecular weight is 295 g/mol. The highest BCUT2D eigenvalue weighted by Gasteiger charge is 2.23. The molecule has 2 rings (SSSR count). The fraction of sp³-hybridized carbons (Fsp3) is 0.400. The van der Waals surface area contributed by atoms with E-state index in [4.69, 9.17) is 4.74 Å². The van der Waals surface area contributed by atoms with Crippen LogP contribution in [-0.4, -0.2) is 23.4 Å². The number of aromatic nitrogens is 2. The van der Waals surface area contributed by atoms with Crippen molar-refractivity contribution in [2.24, 2.45) is 0 Å². The maximum atomic E-state index is 13.5. The highest BCUT2D eigenvalue weighted by molar-refractivity contribution is 5.37. The third kappa shape index (κ3) is 3.21. The van der Waals surface area contributed by atoms with Crippen molar-refractivity contribution in [1.29, 1.82) is 0 Å². The van der Waals surface area contributed by atoms with Crippen LogP contribution in [0.5, 0.6) is 5.75 Å². The van der Waals surface area contributed by atoms with Gasteiger partial charge in [0.1, 0.15) is 17.3 Å². The Kier molecular flexibility index (Phi) is 4.90. The van der Waals surface area contributed by atoms with Gasteiger partial charge in [-0.15, -0.1) is 0 Å². The first-order chi connectivity index (χ1) is 10.1. The first kappa shape index (κ1) is 15.4. The number of methoxy groups -OCH3 is 1. The van der Waals surface area contributed by atoms with Crippen molar-refractivity contribution >= 4 is 0 Å². The van der Waals surface area contributed by atoms with E-state index < -0.39 is 17.7 Å². The van der Waals surface area contributed by atoms with E-state index in [0.717, 1.165) is 11.8 Å². The molecule has 0 bridgehead atoms. The van der Waals surface area contributed by atoms with Crippen LogP contribution >= 0.6 is 0 Å². The van der Waals surface area contributed by atoms with Gasteiger partial charge in [0.15, 0.2) is 5.75 Å². The van der Waals surface area contributed by atoms with Crippen LogP contribution in [0.3, 0.4) is 0 Å². The third-order valence-electron chi connectivity index (χ3n) is 3.26. The van der Waals surface area contributed by atoms with Crippen molar-refractivity contribution in [3.8, 4) is 5.75 Å². The van der Waals surface area contributed by atoms with E-state index in [1.807, 2.05) is 13.8 Å². The molecule has 2 aromatic rings. The van der Waals surface area contributed by atoms with Gasteiger partial charge in [0.2, 0.25) is 0 Å². The lowest BCUT2D eigenvalue weighted by molar-refractivity contribution is 0.399. The molecular weight excluding hydrogens is 276 g/mol. The summed E-state index contributed by atoms with van der Waals surface area (Å²) in [6.45, 7) is 5.16. The number of rotatable bonds is 6. The van der Waals surface area contributed by atoms with Crippen molar-refractivity contribution in [2.45, 2.75) is 26.4 Å². The first-order valence-corrected chi connectivity index (χ1v) is 6.89. The SMILES string of the molecule is CCNC(c1cc(F)cc(F)c1)c1c(OC)cnn1CC. The summed E-state index contributed by atoms with van der Waals surface area (Å²) < 4.78 is 34.1. The molecule has 0 radical (unpaired) electrons. The zero-order valence-electron chi connectivity index (χ0n) is 12.4. The average Bonchev–Trinajstić information content (AvgIpc) is 2.86. The van der Waals surface area contributed by atoms with Crippen molar-refractivity contribution in [3.05, 3.63) is 47.3 Å². The second kappa shape index (κ2) is 6.67. The number of ether oxygens (including phenoxy) is 1. The predicted molar refractivity (Wildman–Crippen MR) is 76.3 cm³/mol. The van der Waals surface area contributed by atoms with Gasteiger partial charge in [-0.2, -0.15) is 5.10 Å². The Labute approximate surface area is 122 Å². The highest BCUT2D eigenvalue weighted by atomic mass is 19.1. The molecule has 1 aromatic carbocycles. The standard InChI is InChI=1S/C15H19F2N3O/c1-4-18-14(10-6-11(16)8-12(17)7-10)15-13(21-3)9-19-20(15)5-2/h6-9,14,18H,4-5H2,1-3H3. The van der Waals surface area contributed by atoms with Gasteiger partial charge in [0.05, 0.1) is 19.3 Å². The molecule has 114 valence electrons. The number of hydrogen-bond acceptors (Lipinski definition) is 3. The van der Waals surface area contributed by atoms with Gasteiger partial charge in [-0.05, 0) is 31.2 Å². The summed E-state index contributed by atoms with van der Waals surface area (Å²) in [6.07, 6.45) is 1.61. The van der Waals surface area contributed by atoms with Crippen molar-refractivity contribution in [2.75, 3.05) is 13.7 Å². The van der Waals surface area contributed by atoms with Gasteiger partial charge in [-0.3, -0.25) is 4.68 Å². The van der Waals surface area contributed by atoms with E-state index in [1.165, 1.54) is 12.1 Å². The fourth-order valence-corrected chi connectivity index (χ4v) is 2.40. The minimum atomic E-state index is -0.602. The molecule has 0 aliphatic rings. The Hall–Kier alpha value is -1.95. The van der Waals surface area contributed by atoms with Crippen LogP contribution < -0.4 is 10.1 Å². The summed E-state index contributed by atoms with van der Waals surface area (Å²) in [5.74, 6) is -0.615. The van der Waals surface area contributed by atoms with E-state index in [2.05, 4.69) is 10.4 Å². The van der Waals surface area contributed by atoms with Crippen molar-refractivity contribution in [3.63, 3.8) is 0 Å². The largest absolute Gasteiger partial charge is 0.493 e. The molecule has 0 aliphatic heterocycles. The van der Waals surface area contributed by atoms with Crippen LogP contribution in [-0.2, 0) is 6.54 Å². The summed E-state index contributed by atoms with van der Waals surface area (Å²) in [7, 11) is 1.55. The normalized spacial score (nSPS) is 12.4. The second-order valence-corrected chi connectivity index (χ2v) is 4.61. The number of benzene rings is 1. The Bertz CT molecular complexity index is 571. The molecule has 0 fully saturated rings. The molecule has 1 N–H and O–H groups in total. The summed E-state index contributed by atoms with van der Waals surface area (Å²) in [6, 6.07) is 3.12.